The van der Waals surface area contributed by atoms with Crippen LogP contribution in [0.4, 0.5) is 0 Å². The van der Waals surface area contributed by atoms with E-state index in [0.717, 1.165) is 4.88 Å². The number of nitrogens with one attached hydrogen (secondary N) is 1. The molecule has 0 radical (unpaired) electrons. The fourth-order valence-corrected chi connectivity index (χ4v) is 3.61. The van der Waals surface area contributed by atoms with Crippen molar-refractivity contribution in [2.75, 3.05) is 20.3 Å². The van der Waals surface area contributed by atoms with Gasteiger partial charge in [-0.1, -0.05) is 19.9 Å². The molecule has 6 heteroatoms. The Labute approximate surface area is 145 Å². The Bertz CT molecular complexity index is 695. The maximum atomic E-state index is 12.8. The summed E-state index contributed by atoms with van der Waals surface area (Å²) in [6.45, 7) is 5.12. The third kappa shape index (κ3) is 3.33. The normalized spacial score (nSPS) is 14.3. The number of hydrogen-bond acceptors (Lipinski definition) is 5. The average Bonchev–Trinajstić information content (AvgIpc) is 3.12. The van der Waals surface area contributed by atoms with Crippen LogP contribution >= 0.6 is 11.3 Å². The summed E-state index contributed by atoms with van der Waals surface area (Å²) >= 11 is 1.64. The van der Waals surface area contributed by atoms with Crippen LogP contribution < -0.4 is 19.5 Å². The van der Waals surface area contributed by atoms with Crippen molar-refractivity contribution < 1.29 is 19.0 Å². The molecule has 0 spiro atoms. The zero-order valence-corrected chi connectivity index (χ0v) is 14.8. The topological polar surface area (TPSA) is 56.8 Å². The van der Waals surface area contributed by atoms with Gasteiger partial charge >= 0.3 is 0 Å². The Balaban J connectivity index is 1.86. The van der Waals surface area contributed by atoms with Gasteiger partial charge in [-0.3, -0.25) is 4.79 Å². The highest BCUT2D eigenvalue weighted by molar-refractivity contribution is 7.10. The number of thiophene rings is 1. The molecule has 0 fully saturated rings. The van der Waals surface area contributed by atoms with Gasteiger partial charge in [0.1, 0.15) is 13.2 Å². The molecule has 128 valence electrons. The summed E-state index contributed by atoms with van der Waals surface area (Å²) in [7, 11) is 1.55. The molecule has 0 saturated carbocycles. The molecule has 0 saturated heterocycles. The van der Waals surface area contributed by atoms with E-state index in [-0.39, 0.29) is 17.9 Å². The SMILES string of the molecule is COc1cc(C(=O)NC(c2cccs2)C(C)C)cc2c1OCCO2. The number of amides is 1. The van der Waals surface area contributed by atoms with Crippen LogP contribution in [0.2, 0.25) is 0 Å². The average molecular weight is 347 g/mol. The molecule has 1 aliphatic rings. The van der Waals surface area contributed by atoms with Crippen molar-refractivity contribution >= 4 is 17.2 Å². The second-order valence-corrected chi connectivity index (χ2v) is 6.89. The van der Waals surface area contributed by atoms with Crippen molar-refractivity contribution in [2.45, 2.75) is 19.9 Å². The molecule has 1 unspecified atom stereocenters. The summed E-state index contributed by atoms with van der Waals surface area (Å²) in [5, 5.41) is 5.13. The molecular formula is C18H21NO4S. The van der Waals surface area contributed by atoms with Crippen LogP contribution in [0.1, 0.15) is 35.1 Å². The van der Waals surface area contributed by atoms with Gasteiger partial charge in [0.05, 0.1) is 13.2 Å². The Morgan fingerprint density at radius 2 is 2.08 bits per heavy atom. The van der Waals surface area contributed by atoms with E-state index >= 15 is 0 Å². The van der Waals surface area contributed by atoms with Crippen molar-refractivity contribution in [3.63, 3.8) is 0 Å². The minimum absolute atomic E-state index is 0.0308. The predicted molar refractivity (Wildman–Crippen MR) is 93.3 cm³/mol. The zero-order valence-electron chi connectivity index (χ0n) is 14.0. The van der Waals surface area contributed by atoms with E-state index in [0.29, 0.717) is 36.0 Å². The molecule has 3 rings (SSSR count). The molecule has 0 bridgehead atoms. The molecular weight excluding hydrogens is 326 g/mol. The largest absolute Gasteiger partial charge is 0.493 e. The van der Waals surface area contributed by atoms with E-state index in [1.54, 1.807) is 30.6 Å². The van der Waals surface area contributed by atoms with Crippen LogP contribution in [0.15, 0.2) is 29.6 Å². The zero-order chi connectivity index (χ0) is 17.1. The predicted octanol–water partition coefficient (Wildman–Crippen LogP) is 3.66. The number of hydrogen-bond donors (Lipinski definition) is 1. The second kappa shape index (κ2) is 7.13. The summed E-state index contributed by atoms with van der Waals surface area (Å²) in [5.41, 5.74) is 0.498. The molecule has 1 N–H and O–H groups in total. The highest BCUT2D eigenvalue weighted by Crippen LogP contribution is 2.40. The number of ether oxygens (including phenoxy) is 3. The first kappa shape index (κ1) is 16.6. The van der Waals surface area contributed by atoms with E-state index in [9.17, 15) is 4.79 Å². The minimum Gasteiger partial charge on any atom is -0.493 e. The van der Waals surface area contributed by atoms with E-state index < -0.39 is 0 Å². The second-order valence-electron chi connectivity index (χ2n) is 5.91. The molecule has 2 heterocycles. The first-order valence-electron chi connectivity index (χ1n) is 7.92. The molecule has 1 aromatic carbocycles. The van der Waals surface area contributed by atoms with Gasteiger partial charge in [-0.15, -0.1) is 11.3 Å². The van der Waals surface area contributed by atoms with Crippen molar-refractivity contribution in [3.05, 3.63) is 40.1 Å². The van der Waals surface area contributed by atoms with E-state index in [2.05, 4.69) is 19.2 Å². The number of methoxy groups -OCH3 is 1. The van der Waals surface area contributed by atoms with E-state index in [4.69, 9.17) is 14.2 Å². The first-order chi connectivity index (χ1) is 11.6. The van der Waals surface area contributed by atoms with Crippen molar-refractivity contribution in [2.24, 2.45) is 5.92 Å². The molecule has 5 nitrogen and oxygen atoms in total. The molecule has 1 aliphatic heterocycles. The smallest absolute Gasteiger partial charge is 0.252 e. The Hall–Kier alpha value is -2.21. The molecule has 1 aromatic heterocycles. The summed E-state index contributed by atoms with van der Waals surface area (Å²) in [6.07, 6.45) is 0. The van der Waals surface area contributed by atoms with Gasteiger partial charge in [-0.25, -0.2) is 0 Å². The summed E-state index contributed by atoms with van der Waals surface area (Å²) in [5.74, 6) is 1.74. The van der Waals surface area contributed by atoms with Crippen LogP contribution in [0.25, 0.3) is 0 Å². The number of benzene rings is 1. The standard InChI is InChI=1S/C18H21NO4S/c1-11(2)16(15-5-4-8-24-15)19-18(20)12-9-13(21-3)17-14(10-12)22-6-7-23-17/h4-5,8-11,16H,6-7H2,1-3H3,(H,19,20). The van der Waals surface area contributed by atoms with E-state index in [1.165, 1.54) is 0 Å². The third-order valence-corrected chi connectivity index (χ3v) is 4.85. The lowest BCUT2D eigenvalue weighted by Gasteiger charge is -2.23. The van der Waals surface area contributed by atoms with Crippen LogP contribution in [-0.2, 0) is 0 Å². The van der Waals surface area contributed by atoms with Crippen molar-refractivity contribution in [1.29, 1.82) is 0 Å². The van der Waals surface area contributed by atoms with Gasteiger partial charge in [0, 0.05) is 10.4 Å². The fraction of sp³-hybridized carbons (Fsp3) is 0.389. The number of rotatable bonds is 5. The van der Waals surface area contributed by atoms with Gasteiger partial charge in [-0.2, -0.15) is 0 Å². The fourth-order valence-electron chi connectivity index (χ4n) is 2.66. The monoisotopic (exact) mass is 347 g/mol. The lowest BCUT2D eigenvalue weighted by atomic mass is 10.0. The van der Waals surface area contributed by atoms with Gasteiger partial charge in [0.25, 0.3) is 5.91 Å². The summed E-state index contributed by atoms with van der Waals surface area (Å²) in [6, 6.07) is 7.40. The van der Waals surface area contributed by atoms with Gasteiger partial charge < -0.3 is 19.5 Å². The third-order valence-electron chi connectivity index (χ3n) is 3.89. The number of fused-ring (bicyclic) bond motifs is 1. The maximum absolute atomic E-state index is 12.8. The van der Waals surface area contributed by atoms with Gasteiger partial charge in [0.15, 0.2) is 11.5 Å². The van der Waals surface area contributed by atoms with E-state index in [1.807, 2.05) is 17.5 Å². The molecule has 1 atom stereocenters. The Kier molecular flexibility index (Phi) is 4.94. The summed E-state index contributed by atoms with van der Waals surface area (Å²) in [4.78, 5) is 13.9. The van der Waals surface area contributed by atoms with Crippen LogP contribution in [0, 0.1) is 5.92 Å². The highest BCUT2D eigenvalue weighted by Gasteiger charge is 2.24. The quantitative estimate of drug-likeness (QED) is 0.897. The number of carbonyl (C=O) groups excluding carboxylic acids is 1. The van der Waals surface area contributed by atoms with Crippen LogP contribution in [-0.4, -0.2) is 26.2 Å². The van der Waals surface area contributed by atoms with Crippen LogP contribution in [0.5, 0.6) is 17.2 Å². The lowest BCUT2D eigenvalue weighted by Crippen LogP contribution is -2.31. The summed E-state index contributed by atoms with van der Waals surface area (Å²) < 4.78 is 16.5. The molecule has 24 heavy (non-hydrogen) atoms. The van der Waals surface area contributed by atoms with Gasteiger partial charge in [-0.05, 0) is 29.5 Å². The van der Waals surface area contributed by atoms with Crippen LogP contribution in [0.3, 0.4) is 0 Å². The highest BCUT2D eigenvalue weighted by atomic mass is 32.1. The Morgan fingerprint density at radius 1 is 1.29 bits per heavy atom. The van der Waals surface area contributed by atoms with Crippen molar-refractivity contribution in [1.82, 2.24) is 5.32 Å². The molecule has 2 aromatic rings. The Morgan fingerprint density at radius 3 is 2.75 bits per heavy atom. The lowest BCUT2D eigenvalue weighted by molar-refractivity contribution is 0.0924. The van der Waals surface area contributed by atoms with Crippen molar-refractivity contribution in [3.8, 4) is 17.2 Å². The van der Waals surface area contributed by atoms with Gasteiger partial charge in [0.2, 0.25) is 5.75 Å². The minimum atomic E-state index is -0.155. The molecule has 1 amide bonds. The molecule has 0 aliphatic carbocycles. The number of carbonyl (C=O) groups is 1. The first-order valence-corrected chi connectivity index (χ1v) is 8.80. The maximum Gasteiger partial charge on any atom is 0.252 e.